The summed E-state index contributed by atoms with van der Waals surface area (Å²) >= 11 is 1.39. The molecule has 1 aromatic heterocycles. The Bertz CT molecular complexity index is 1020. The van der Waals surface area contributed by atoms with E-state index < -0.39 is 11.9 Å². The van der Waals surface area contributed by atoms with Gasteiger partial charge in [-0.05, 0) is 70.9 Å². The topological polar surface area (TPSA) is 93.7 Å². The van der Waals surface area contributed by atoms with Gasteiger partial charge in [0.05, 0.1) is 24.8 Å². The third-order valence-corrected chi connectivity index (χ3v) is 6.59. The van der Waals surface area contributed by atoms with Gasteiger partial charge >= 0.3 is 11.9 Å². The number of nitrogens with one attached hydrogen (secondary N) is 2. The molecule has 31 heavy (non-hydrogen) atoms. The standard InChI is InChI=1S/C23H28N2O5S/c1-7-30-21(28)16-15-12-22(2,3)25-23(4,5)17(15)31-19(16)24-18(26)13-8-10-14(11-9-13)20(27)29-6/h8-11,25H,7,12H2,1-6H3,(H,24,26). The fraction of sp³-hybridized carbons (Fsp3) is 0.435. The van der Waals surface area contributed by atoms with Crippen molar-refractivity contribution in [1.82, 2.24) is 5.32 Å². The number of benzene rings is 1. The van der Waals surface area contributed by atoms with E-state index in [0.29, 0.717) is 28.1 Å². The summed E-state index contributed by atoms with van der Waals surface area (Å²) in [4.78, 5) is 38.4. The quantitative estimate of drug-likeness (QED) is 0.674. The van der Waals surface area contributed by atoms with Gasteiger partial charge in [-0.3, -0.25) is 4.79 Å². The Kier molecular flexibility index (Phi) is 6.25. The molecule has 2 heterocycles. The van der Waals surface area contributed by atoms with Crippen LogP contribution in [0.2, 0.25) is 0 Å². The van der Waals surface area contributed by atoms with Crippen LogP contribution in [0.3, 0.4) is 0 Å². The summed E-state index contributed by atoms with van der Waals surface area (Å²) in [6, 6.07) is 6.16. The van der Waals surface area contributed by atoms with Crippen LogP contribution in [0.15, 0.2) is 24.3 Å². The summed E-state index contributed by atoms with van der Waals surface area (Å²) in [5.74, 6) is -1.28. The van der Waals surface area contributed by atoms with Crippen molar-refractivity contribution in [2.24, 2.45) is 0 Å². The monoisotopic (exact) mass is 444 g/mol. The van der Waals surface area contributed by atoms with Crippen molar-refractivity contribution >= 4 is 34.2 Å². The molecule has 0 unspecified atom stereocenters. The predicted octanol–water partition coefficient (Wildman–Crippen LogP) is 4.12. The van der Waals surface area contributed by atoms with E-state index in [4.69, 9.17) is 4.74 Å². The number of hydrogen-bond acceptors (Lipinski definition) is 7. The summed E-state index contributed by atoms with van der Waals surface area (Å²) in [6.45, 7) is 10.3. The van der Waals surface area contributed by atoms with Gasteiger partial charge in [0.25, 0.3) is 5.91 Å². The minimum absolute atomic E-state index is 0.218. The molecule has 0 aliphatic carbocycles. The van der Waals surface area contributed by atoms with E-state index in [1.165, 1.54) is 30.6 Å². The third-order valence-electron chi connectivity index (χ3n) is 5.12. The number of hydrogen-bond donors (Lipinski definition) is 2. The number of thiophene rings is 1. The Labute approximate surface area is 186 Å². The van der Waals surface area contributed by atoms with Gasteiger partial charge in [0.15, 0.2) is 0 Å². The van der Waals surface area contributed by atoms with E-state index in [2.05, 4.69) is 43.1 Å². The van der Waals surface area contributed by atoms with Crippen molar-refractivity contribution in [3.63, 3.8) is 0 Å². The van der Waals surface area contributed by atoms with Crippen LogP contribution in [-0.4, -0.2) is 37.1 Å². The van der Waals surface area contributed by atoms with Crippen LogP contribution in [-0.2, 0) is 21.4 Å². The molecule has 0 saturated heterocycles. The van der Waals surface area contributed by atoms with E-state index in [0.717, 1.165) is 10.4 Å². The van der Waals surface area contributed by atoms with E-state index in [9.17, 15) is 14.4 Å². The van der Waals surface area contributed by atoms with Gasteiger partial charge in [0.1, 0.15) is 5.00 Å². The number of amides is 1. The van der Waals surface area contributed by atoms with Gasteiger partial charge in [-0.15, -0.1) is 11.3 Å². The lowest BCUT2D eigenvalue weighted by atomic mass is 9.81. The van der Waals surface area contributed by atoms with Gasteiger partial charge < -0.3 is 20.1 Å². The lowest BCUT2D eigenvalue weighted by Crippen LogP contribution is -2.55. The smallest absolute Gasteiger partial charge is 0.341 e. The minimum atomic E-state index is -0.472. The molecule has 3 rings (SSSR count). The Hall–Kier alpha value is -2.71. The summed E-state index contributed by atoms with van der Waals surface area (Å²) < 4.78 is 10.0. The first-order chi connectivity index (χ1) is 14.5. The molecule has 0 spiro atoms. The zero-order valence-electron chi connectivity index (χ0n) is 18.7. The zero-order valence-corrected chi connectivity index (χ0v) is 19.5. The van der Waals surface area contributed by atoms with Crippen LogP contribution in [0.25, 0.3) is 0 Å². The second kappa shape index (κ2) is 8.43. The average Bonchev–Trinajstić information content (AvgIpc) is 3.04. The molecule has 0 bridgehead atoms. The number of rotatable bonds is 5. The normalized spacial score (nSPS) is 16.2. The van der Waals surface area contributed by atoms with Crippen LogP contribution < -0.4 is 10.6 Å². The maximum Gasteiger partial charge on any atom is 0.341 e. The fourth-order valence-corrected chi connectivity index (χ4v) is 5.35. The molecule has 7 nitrogen and oxygen atoms in total. The Morgan fingerprint density at radius 2 is 1.68 bits per heavy atom. The number of ether oxygens (including phenoxy) is 2. The van der Waals surface area contributed by atoms with Gasteiger partial charge in [-0.25, -0.2) is 9.59 Å². The van der Waals surface area contributed by atoms with Crippen LogP contribution in [0.5, 0.6) is 0 Å². The molecule has 1 amide bonds. The number of fused-ring (bicyclic) bond motifs is 1. The van der Waals surface area contributed by atoms with Gasteiger partial charge in [-0.2, -0.15) is 0 Å². The van der Waals surface area contributed by atoms with Gasteiger partial charge in [0, 0.05) is 21.5 Å². The molecule has 0 atom stereocenters. The molecule has 0 saturated carbocycles. The zero-order chi connectivity index (χ0) is 23.0. The number of carbonyl (C=O) groups is 3. The van der Waals surface area contributed by atoms with E-state index >= 15 is 0 Å². The molecule has 0 fully saturated rings. The van der Waals surface area contributed by atoms with Crippen LogP contribution in [0, 0.1) is 0 Å². The first kappa shape index (κ1) is 23.0. The minimum Gasteiger partial charge on any atom is -0.465 e. The second-order valence-electron chi connectivity index (χ2n) is 8.67. The number of methoxy groups -OCH3 is 1. The van der Waals surface area contributed by atoms with Crippen LogP contribution in [0.4, 0.5) is 5.00 Å². The maximum absolute atomic E-state index is 12.9. The van der Waals surface area contributed by atoms with E-state index in [-0.39, 0.29) is 23.6 Å². The molecule has 8 heteroatoms. The fourth-order valence-electron chi connectivity index (χ4n) is 4.09. The van der Waals surface area contributed by atoms with Crippen molar-refractivity contribution in [3.05, 3.63) is 51.4 Å². The highest BCUT2D eigenvalue weighted by Crippen LogP contribution is 2.45. The molecule has 2 aromatic rings. The molecular formula is C23H28N2O5S. The maximum atomic E-state index is 12.9. The predicted molar refractivity (Wildman–Crippen MR) is 120 cm³/mol. The molecule has 1 aromatic carbocycles. The highest BCUT2D eigenvalue weighted by molar-refractivity contribution is 7.17. The lowest BCUT2D eigenvalue weighted by Gasteiger charge is -2.42. The average molecular weight is 445 g/mol. The molecule has 1 aliphatic rings. The Morgan fingerprint density at radius 3 is 2.26 bits per heavy atom. The summed E-state index contributed by atoms with van der Waals surface area (Å²) in [7, 11) is 1.30. The van der Waals surface area contributed by atoms with Gasteiger partial charge in [0.2, 0.25) is 0 Å². The van der Waals surface area contributed by atoms with Gasteiger partial charge in [-0.1, -0.05) is 0 Å². The van der Waals surface area contributed by atoms with Crippen molar-refractivity contribution in [2.45, 2.75) is 52.1 Å². The molecule has 166 valence electrons. The molecule has 2 N–H and O–H groups in total. The molecule has 0 radical (unpaired) electrons. The summed E-state index contributed by atoms with van der Waals surface area (Å²) in [6.07, 6.45) is 0.639. The molecule has 1 aliphatic heterocycles. The Balaban J connectivity index is 1.99. The molecular weight excluding hydrogens is 416 g/mol. The van der Waals surface area contributed by atoms with Crippen LogP contribution in [0.1, 0.15) is 76.1 Å². The van der Waals surface area contributed by atoms with Crippen molar-refractivity contribution < 1.29 is 23.9 Å². The highest BCUT2D eigenvalue weighted by Gasteiger charge is 2.42. The van der Waals surface area contributed by atoms with Crippen molar-refractivity contribution in [3.8, 4) is 0 Å². The van der Waals surface area contributed by atoms with Crippen molar-refractivity contribution in [1.29, 1.82) is 0 Å². The third kappa shape index (κ3) is 4.65. The summed E-state index contributed by atoms with van der Waals surface area (Å²) in [5, 5.41) is 6.97. The summed E-state index contributed by atoms with van der Waals surface area (Å²) in [5.41, 5.74) is 1.47. The Morgan fingerprint density at radius 1 is 1.06 bits per heavy atom. The lowest BCUT2D eigenvalue weighted by molar-refractivity contribution is 0.0524. The van der Waals surface area contributed by atoms with E-state index in [1.54, 1.807) is 19.1 Å². The first-order valence-corrected chi connectivity index (χ1v) is 10.9. The highest BCUT2D eigenvalue weighted by atomic mass is 32.1. The second-order valence-corrected chi connectivity index (χ2v) is 9.69. The number of anilines is 1. The number of esters is 2. The van der Waals surface area contributed by atoms with E-state index in [1.807, 2.05) is 0 Å². The van der Waals surface area contributed by atoms with Crippen molar-refractivity contribution in [2.75, 3.05) is 19.0 Å². The SMILES string of the molecule is CCOC(=O)c1c(NC(=O)c2ccc(C(=O)OC)cc2)sc2c1CC(C)(C)NC2(C)C. The van der Waals surface area contributed by atoms with Crippen LogP contribution >= 0.6 is 11.3 Å². The largest absolute Gasteiger partial charge is 0.465 e. The number of carbonyl (C=O) groups excluding carboxylic acids is 3. The first-order valence-electron chi connectivity index (χ1n) is 10.1.